The van der Waals surface area contributed by atoms with E-state index in [2.05, 4.69) is 32.3 Å². The SMILES string of the molecule is CCOC(=O)Nc1nn(CN2CCCN(c3ccc(OC)cc3)CC2)c(=S)s1. The van der Waals surface area contributed by atoms with Crippen molar-refractivity contribution in [2.45, 2.75) is 20.0 Å². The minimum Gasteiger partial charge on any atom is -0.497 e. The highest BCUT2D eigenvalue weighted by Gasteiger charge is 2.17. The molecule has 2 aromatic rings. The van der Waals surface area contributed by atoms with Gasteiger partial charge in [-0.2, -0.15) is 0 Å². The molecule has 28 heavy (non-hydrogen) atoms. The summed E-state index contributed by atoms with van der Waals surface area (Å²) in [4.78, 5) is 16.3. The van der Waals surface area contributed by atoms with E-state index in [-0.39, 0.29) is 0 Å². The molecule has 1 aliphatic heterocycles. The zero-order valence-electron chi connectivity index (χ0n) is 16.1. The molecule has 1 saturated heterocycles. The zero-order valence-corrected chi connectivity index (χ0v) is 17.7. The molecule has 0 spiro atoms. The maximum absolute atomic E-state index is 11.5. The Bertz CT molecular complexity index is 836. The highest BCUT2D eigenvalue weighted by atomic mass is 32.1. The number of carbonyl (C=O) groups is 1. The average Bonchev–Trinajstić information content (AvgIpc) is 2.88. The van der Waals surface area contributed by atoms with E-state index in [9.17, 15) is 4.79 Å². The number of rotatable bonds is 6. The van der Waals surface area contributed by atoms with Gasteiger partial charge in [0.1, 0.15) is 5.75 Å². The molecule has 1 N–H and O–H groups in total. The Balaban J connectivity index is 1.58. The molecule has 1 aromatic carbocycles. The molecule has 0 bridgehead atoms. The average molecular weight is 424 g/mol. The van der Waals surface area contributed by atoms with Gasteiger partial charge in [0, 0.05) is 31.9 Å². The lowest BCUT2D eigenvalue weighted by molar-refractivity contribution is 0.168. The van der Waals surface area contributed by atoms with Crippen molar-refractivity contribution in [2.24, 2.45) is 0 Å². The first kappa shape index (κ1) is 20.6. The van der Waals surface area contributed by atoms with Crippen LogP contribution >= 0.6 is 23.6 Å². The molecule has 2 heterocycles. The third-order valence-corrected chi connectivity index (χ3v) is 5.67. The molecule has 1 aliphatic rings. The van der Waals surface area contributed by atoms with E-state index in [1.165, 1.54) is 17.0 Å². The van der Waals surface area contributed by atoms with Gasteiger partial charge in [0.15, 0.2) is 3.95 Å². The molecular formula is C18H25N5O3S2. The van der Waals surface area contributed by atoms with Gasteiger partial charge in [-0.25, -0.2) is 9.48 Å². The van der Waals surface area contributed by atoms with Crippen molar-refractivity contribution < 1.29 is 14.3 Å². The largest absolute Gasteiger partial charge is 0.497 e. The normalized spacial score (nSPS) is 15.1. The van der Waals surface area contributed by atoms with Crippen molar-refractivity contribution in [1.82, 2.24) is 14.7 Å². The van der Waals surface area contributed by atoms with Crippen LogP contribution in [-0.4, -0.2) is 60.7 Å². The number of amides is 1. The van der Waals surface area contributed by atoms with Crippen molar-refractivity contribution in [3.8, 4) is 5.75 Å². The number of methoxy groups -OCH3 is 1. The van der Waals surface area contributed by atoms with Crippen molar-refractivity contribution in [2.75, 3.05) is 50.1 Å². The van der Waals surface area contributed by atoms with E-state index in [4.69, 9.17) is 21.7 Å². The van der Waals surface area contributed by atoms with Crippen LogP contribution in [0.2, 0.25) is 0 Å². The van der Waals surface area contributed by atoms with Crippen LogP contribution in [0.25, 0.3) is 0 Å². The predicted octanol–water partition coefficient (Wildman–Crippen LogP) is 3.42. The molecule has 8 nitrogen and oxygen atoms in total. The van der Waals surface area contributed by atoms with Gasteiger partial charge in [0.2, 0.25) is 5.13 Å². The van der Waals surface area contributed by atoms with Gasteiger partial charge in [-0.05, 0) is 49.8 Å². The number of benzene rings is 1. The summed E-state index contributed by atoms with van der Waals surface area (Å²) in [6.45, 7) is 6.48. The number of hydrogen-bond donors (Lipinski definition) is 1. The second kappa shape index (κ2) is 9.85. The van der Waals surface area contributed by atoms with E-state index in [0.29, 0.717) is 22.4 Å². The second-order valence-electron chi connectivity index (χ2n) is 6.32. The lowest BCUT2D eigenvalue weighted by Crippen LogP contribution is -2.32. The number of nitrogens with zero attached hydrogens (tertiary/aromatic N) is 4. The summed E-state index contributed by atoms with van der Waals surface area (Å²) in [6.07, 6.45) is 0.542. The van der Waals surface area contributed by atoms with Gasteiger partial charge in [-0.3, -0.25) is 10.2 Å². The molecule has 3 rings (SSSR count). The molecule has 1 aromatic heterocycles. The summed E-state index contributed by atoms with van der Waals surface area (Å²) in [5, 5.41) is 7.47. The Labute approximate surface area is 173 Å². The first-order chi connectivity index (χ1) is 13.6. The summed E-state index contributed by atoms with van der Waals surface area (Å²) in [6, 6.07) is 8.17. The summed E-state index contributed by atoms with van der Waals surface area (Å²) in [5.41, 5.74) is 1.20. The summed E-state index contributed by atoms with van der Waals surface area (Å²) < 4.78 is 12.5. The first-order valence-corrected chi connectivity index (χ1v) is 10.4. The number of anilines is 2. The second-order valence-corrected chi connectivity index (χ2v) is 7.94. The van der Waals surface area contributed by atoms with E-state index in [1.54, 1.807) is 18.7 Å². The van der Waals surface area contributed by atoms with Gasteiger partial charge >= 0.3 is 6.09 Å². The van der Waals surface area contributed by atoms with Crippen molar-refractivity contribution in [1.29, 1.82) is 0 Å². The minimum absolute atomic E-state index is 0.316. The van der Waals surface area contributed by atoms with Gasteiger partial charge in [-0.15, -0.1) is 5.10 Å². The molecule has 0 saturated carbocycles. The van der Waals surface area contributed by atoms with Crippen molar-refractivity contribution in [3.05, 3.63) is 28.2 Å². The monoisotopic (exact) mass is 423 g/mol. The minimum atomic E-state index is -0.511. The highest BCUT2D eigenvalue weighted by Crippen LogP contribution is 2.21. The summed E-state index contributed by atoms with van der Waals surface area (Å²) in [5.74, 6) is 0.866. The molecule has 0 radical (unpaired) electrons. The molecular weight excluding hydrogens is 398 g/mol. The molecule has 10 heteroatoms. The van der Waals surface area contributed by atoms with Crippen LogP contribution in [0.3, 0.4) is 0 Å². The summed E-state index contributed by atoms with van der Waals surface area (Å²) >= 11 is 6.66. The maximum atomic E-state index is 11.5. The molecule has 1 amide bonds. The van der Waals surface area contributed by atoms with Crippen molar-refractivity contribution >= 4 is 40.5 Å². The van der Waals surface area contributed by atoms with Gasteiger partial charge in [0.05, 0.1) is 20.4 Å². The van der Waals surface area contributed by atoms with Crippen LogP contribution in [0.1, 0.15) is 13.3 Å². The lowest BCUT2D eigenvalue weighted by atomic mass is 10.2. The molecule has 1 fully saturated rings. The van der Waals surface area contributed by atoms with Crippen LogP contribution in [0.15, 0.2) is 24.3 Å². The Morgan fingerprint density at radius 3 is 2.75 bits per heavy atom. The number of nitrogens with one attached hydrogen (secondary N) is 1. The van der Waals surface area contributed by atoms with Crippen molar-refractivity contribution in [3.63, 3.8) is 0 Å². The van der Waals surface area contributed by atoms with Gasteiger partial charge in [-0.1, -0.05) is 11.3 Å². The quantitative estimate of drug-likeness (QED) is 0.714. The Morgan fingerprint density at radius 2 is 2.04 bits per heavy atom. The lowest BCUT2D eigenvalue weighted by Gasteiger charge is -2.23. The van der Waals surface area contributed by atoms with Crippen LogP contribution in [0.4, 0.5) is 15.6 Å². The number of hydrogen-bond acceptors (Lipinski definition) is 8. The van der Waals surface area contributed by atoms with E-state index in [0.717, 1.165) is 38.3 Å². The molecule has 152 valence electrons. The first-order valence-electron chi connectivity index (χ1n) is 9.22. The number of aromatic nitrogens is 2. The van der Waals surface area contributed by atoms with E-state index >= 15 is 0 Å². The topological polar surface area (TPSA) is 71.9 Å². The molecule has 0 unspecified atom stereocenters. The van der Waals surface area contributed by atoms with Gasteiger partial charge in [0.25, 0.3) is 0 Å². The fraction of sp³-hybridized carbons (Fsp3) is 0.500. The molecule has 0 atom stereocenters. The Kier molecular flexibility index (Phi) is 7.24. The van der Waals surface area contributed by atoms with E-state index in [1.807, 2.05) is 12.1 Å². The van der Waals surface area contributed by atoms with Crippen LogP contribution < -0.4 is 15.0 Å². The van der Waals surface area contributed by atoms with E-state index < -0.39 is 6.09 Å². The zero-order chi connectivity index (χ0) is 19.9. The fourth-order valence-corrected chi connectivity index (χ4v) is 4.03. The highest BCUT2D eigenvalue weighted by molar-refractivity contribution is 7.73. The van der Waals surface area contributed by atoms with Gasteiger partial charge < -0.3 is 14.4 Å². The van der Waals surface area contributed by atoms with Crippen LogP contribution in [0.5, 0.6) is 5.75 Å². The fourth-order valence-electron chi connectivity index (χ4n) is 3.05. The number of carbonyl (C=O) groups excluding carboxylic acids is 1. The standard InChI is InChI=1S/C18H25N5O3S2/c1-3-26-17(24)19-16-20-23(18(27)28-16)13-21-9-4-10-22(12-11-21)14-5-7-15(25-2)8-6-14/h5-8H,3-4,9-13H2,1-2H3,(H,19,20,24). The number of ether oxygens (including phenoxy) is 2. The van der Waals surface area contributed by atoms with Crippen LogP contribution in [0, 0.1) is 3.95 Å². The maximum Gasteiger partial charge on any atom is 0.413 e. The van der Waals surface area contributed by atoms with Crippen LogP contribution in [-0.2, 0) is 11.4 Å². The Hall–Kier alpha value is -2.17. The Morgan fingerprint density at radius 1 is 1.25 bits per heavy atom. The third-order valence-electron chi connectivity index (χ3n) is 4.45. The molecule has 0 aliphatic carbocycles. The third kappa shape index (κ3) is 5.43. The smallest absolute Gasteiger partial charge is 0.413 e. The summed E-state index contributed by atoms with van der Waals surface area (Å²) in [7, 11) is 1.68. The predicted molar refractivity (Wildman–Crippen MR) is 113 cm³/mol.